The molecule has 1 saturated heterocycles. The van der Waals surface area contributed by atoms with Crippen molar-refractivity contribution in [1.29, 1.82) is 0 Å². The summed E-state index contributed by atoms with van der Waals surface area (Å²) in [6, 6.07) is 10.0. The summed E-state index contributed by atoms with van der Waals surface area (Å²) in [5.74, 6) is 1.10. The fraction of sp³-hybridized carbons (Fsp3) is 0.389. The van der Waals surface area contributed by atoms with Crippen LogP contribution in [0.1, 0.15) is 24.8 Å². The summed E-state index contributed by atoms with van der Waals surface area (Å²) < 4.78 is 0. The van der Waals surface area contributed by atoms with E-state index in [9.17, 15) is 4.79 Å². The van der Waals surface area contributed by atoms with E-state index < -0.39 is 0 Å². The van der Waals surface area contributed by atoms with Gasteiger partial charge >= 0.3 is 0 Å². The summed E-state index contributed by atoms with van der Waals surface area (Å²) in [5, 5.41) is 3.16. The van der Waals surface area contributed by atoms with Crippen molar-refractivity contribution in [2.75, 3.05) is 18.0 Å². The number of nitrogens with zero attached hydrogens (tertiary/aromatic N) is 3. The number of amides is 1. The van der Waals surface area contributed by atoms with E-state index in [-0.39, 0.29) is 11.9 Å². The number of pyridine rings is 2. The smallest absolute Gasteiger partial charge is 0.220 e. The highest BCUT2D eigenvalue weighted by Gasteiger charge is 2.21. The molecule has 3 heterocycles. The number of rotatable bonds is 5. The van der Waals surface area contributed by atoms with E-state index in [0.717, 1.165) is 43.7 Å². The number of anilines is 1. The van der Waals surface area contributed by atoms with Crippen molar-refractivity contribution in [3.63, 3.8) is 0 Å². The van der Waals surface area contributed by atoms with Crippen LogP contribution >= 0.6 is 0 Å². The lowest BCUT2D eigenvalue weighted by Gasteiger charge is -2.34. The zero-order valence-corrected chi connectivity index (χ0v) is 13.2. The number of carbonyl (C=O) groups is 1. The molecule has 120 valence electrons. The summed E-state index contributed by atoms with van der Waals surface area (Å²) in [7, 11) is 0. The SMILES string of the molecule is O=C(CCc1cccnc1)N[C@H]1CCCN(c2ccccn2)C1. The number of aryl methyl sites for hydroxylation is 1. The largest absolute Gasteiger partial charge is 0.355 e. The predicted molar refractivity (Wildman–Crippen MR) is 90.2 cm³/mol. The summed E-state index contributed by atoms with van der Waals surface area (Å²) in [6.45, 7) is 1.83. The average molecular weight is 310 g/mol. The molecule has 0 radical (unpaired) electrons. The fourth-order valence-electron chi connectivity index (χ4n) is 2.95. The lowest BCUT2D eigenvalue weighted by atomic mass is 10.0. The second-order valence-electron chi connectivity index (χ2n) is 5.90. The third-order valence-corrected chi connectivity index (χ3v) is 4.12. The Hall–Kier alpha value is -2.43. The van der Waals surface area contributed by atoms with Gasteiger partial charge in [-0.25, -0.2) is 4.98 Å². The minimum absolute atomic E-state index is 0.113. The molecule has 2 aromatic heterocycles. The van der Waals surface area contributed by atoms with Crippen molar-refractivity contribution in [3.05, 3.63) is 54.5 Å². The molecule has 3 rings (SSSR count). The minimum Gasteiger partial charge on any atom is -0.355 e. The molecule has 2 aromatic rings. The Morgan fingerprint density at radius 2 is 2.22 bits per heavy atom. The van der Waals surface area contributed by atoms with Gasteiger partial charge in [-0.1, -0.05) is 12.1 Å². The van der Waals surface area contributed by atoms with Gasteiger partial charge in [0.1, 0.15) is 5.82 Å². The van der Waals surface area contributed by atoms with Crippen LogP contribution < -0.4 is 10.2 Å². The van der Waals surface area contributed by atoms with Gasteiger partial charge < -0.3 is 10.2 Å². The normalized spacial score (nSPS) is 17.7. The molecule has 0 spiro atoms. The monoisotopic (exact) mass is 310 g/mol. The van der Waals surface area contributed by atoms with Crippen LogP contribution in [0.25, 0.3) is 0 Å². The Labute approximate surface area is 136 Å². The highest BCUT2D eigenvalue weighted by atomic mass is 16.1. The molecule has 0 aliphatic carbocycles. The Morgan fingerprint density at radius 3 is 3.00 bits per heavy atom. The van der Waals surface area contributed by atoms with Crippen molar-refractivity contribution in [1.82, 2.24) is 15.3 Å². The molecule has 0 bridgehead atoms. The fourth-order valence-corrected chi connectivity index (χ4v) is 2.95. The third-order valence-electron chi connectivity index (χ3n) is 4.12. The average Bonchev–Trinajstić information content (AvgIpc) is 2.62. The van der Waals surface area contributed by atoms with Crippen molar-refractivity contribution in [2.45, 2.75) is 31.7 Å². The summed E-state index contributed by atoms with van der Waals surface area (Å²) in [5.41, 5.74) is 1.10. The molecule has 1 amide bonds. The topological polar surface area (TPSA) is 58.1 Å². The molecule has 0 unspecified atom stereocenters. The number of aromatic nitrogens is 2. The Kier molecular flexibility index (Phi) is 5.19. The summed E-state index contributed by atoms with van der Waals surface area (Å²) in [6.07, 6.45) is 8.72. The maximum atomic E-state index is 12.2. The van der Waals surface area contributed by atoms with Crippen LogP contribution in [0.5, 0.6) is 0 Å². The van der Waals surface area contributed by atoms with Crippen LogP contribution in [0.3, 0.4) is 0 Å². The van der Waals surface area contributed by atoms with Gasteiger partial charge in [0.05, 0.1) is 0 Å². The number of hydrogen-bond acceptors (Lipinski definition) is 4. The molecule has 0 aromatic carbocycles. The first-order chi connectivity index (χ1) is 11.3. The first kappa shape index (κ1) is 15.5. The molecular formula is C18H22N4O. The number of piperidine rings is 1. The lowest BCUT2D eigenvalue weighted by molar-refractivity contribution is -0.121. The Balaban J connectivity index is 1.48. The van der Waals surface area contributed by atoms with Gasteiger partial charge in [0.2, 0.25) is 5.91 Å². The van der Waals surface area contributed by atoms with E-state index in [2.05, 4.69) is 20.2 Å². The van der Waals surface area contributed by atoms with Gasteiger partial charge in [-0.3, -0.25) is 9.78 Å². The van der Waals surface area contributed by atoms with Crippen LogP contribution in [0.4, 0.5) is 5.82 Å². The van der Waals surface area contributed by atoms with Crippen LogP contribution in [0.2, 0.25) is 0 Å². The van der Waals surface area contributed by atoms with Crippen LogP contribution in [-0.2, 0) is 11.2 Å². The molecule has 1 N–H and O–H groups in total. The molecule has 5 nitrogen and oxygen atoms in total. The lowest BCUT2D eigenvalue weighted by Crippen LogP contribution is -2.48. The standard InChI is InChI=1S/C18H22N4O/c23-18(9-8-15-5-3-10-19-13-15)21-16-6-4-12-22(14-16)17-7-1-2-11-20-17/h1-3,5,7,10-11,13,16H,4,6,8-9,12,14H2,(H,21,23)/t16-/m0/s1. The highest BCUT2D eigenvalue weighted by molar-refractivity contribution is 5.76. The first-order valence-electron chi connectivity index (χ1n) is 8.15. The second-order valence-corrected chi connectivity index (χ2v) is 5.90. The van der Waals surface area contributed by atoms with E-state index in [0.29, 0.717) is 6.42 Å². The van der Waals surface area contributed by atoms with Gasteiger partial charge in [-0.15, -0.1) is 0 Å². The van der Waals surface area contributed by atoms with Gasteiger partial charge in [0.25, 0.3) is 0 Å². The van der Waals surface area contributed by atoms with E-state index in [4.69, 9.17) is 0 Å². The zero-order valence-electron chi connectivity index (χ0n) is 13.2. The quantitative estimate of drug-likeness (QED) is 0.920. The molecule has 1 aliphatic rings. The van der Waals surface area contributed by atoms with Gasteiger partial charge in [-0.05, 0) is 43.0 Å². The molecular weight excluding hydrogens is 288 g/mol. The minimum atomic E-state index is 0.113. The van der Waals surface area contributed by atoms with E-state index >= 15 is 0 Å². The first-order valence-corrected chi connectivity index (χ1v) is 8.15. The van der Waals surface area contributed by atoms with Crippen LogP contribution in [0.15, 0.2) is 48.9 Å². The van der Waals surface area contributed by atoms with E-state index in [1.54, 1.807) is 6.20 Å². The molecule has 1 aliphatic heterocycles. The Morgan fingerprint density at radius 1 is 1.26 bits per heavy atom. The third kappa shape index (κ3) is 4.52. The van der Waals surface area contributed by atoms with E-state index in [1.807, 2.05) is 42.7 Å². The second kappa shape index (κ2) is 7.72. The van der Waals surface area contributed by atoms with Crippen molar-refractivity contribution >= 4 is 11.7 Å². The molecule has 23 heavy (non-hydrogen) atoms. The maximum absolute atomic E-state index is 12.2. The molecule has 1 fully saturated rings. The van der Waals surface area contributed by atoms with Crippen molar-refractivity contribution < 1.29 is 4.79 Å². The summed E-state index contributed by atoms with van der Waals surface area (Å²) in [4.78, 5) is 22.9. The highest BCUT2D eigenvalue weighted by Crippen LogP contribution is 2.17. The number of hydrogen-bond donors (Lipinski definition) is 1. The molecule has 1 atom stereocenters. The Bertz CT molecular complexity index is 617. The molecule has 5 heteroatoms. The number of carbonyl (C=O) groups excluding carboxylic acids is 1. The van der Waals surface area contributed by atoms with Crippen LogP contribution in [-0.4, -0.2) is 35.0 Å². The van der Waals surface area contributed by atoms with E-state index in [1.165, 1.54) is 0 Å². The van der Waals surface area contributed by atoms with Gasteiger partial charge in [0, 0.05) is 44.1 Å². The molecule has 0 saturated carbocycles. The zero-order chi connectivity index (χ0) is 15.9. The summed E-state index contributed by atoms with van der Waals surface area (Å²) >= 11 is 0. The number of nitrogens with one attached hydrogen (secondary N) is 1. The van der Waals surface area contributed by atoms with Gasteiger partial charge in [0.15, 0.2) is 0 Å². The van der Waals surface area contributed by atoms with Gasteiger partial charge in [-0.2, -0.15) is 0 Å². The predicted octanol–water partition coefficient (Wildman–Crippen LogP) is 2.19. The maximum Gasteiger partial charge on any atom is 0.220 e. The van der Waals surface area contributed by atoms with Crippen LogP contribution in [0, 0.1) is 0 Å². The van der Waals surface area contributed by atoms with Crippen molar-refractivity contribution in [2.24, 2.45) is 0 Å². The van der Waals surface area contributed by atoms with Crippen molar-refractivity contribution in [3.8, 4) is 0 Å².